The number of aryl methyl sites for hydroxylation is 1. The number of carbonyl (C=O) groups excluding carboxylic acids is 1. The standard InChI is InChI=1S/C14H17NO4/c1-10-8-11(4-5-12(10)14(17)18)19-9-13(16)15-6-2-3-7-15/h4-5,8H,2-3,6-7,9H2,1H3,(H,17,18). The molecule has 5 nitrogen and oxygen atoms in total. The lowest BCUT2D eigenvalue weighted by atomic mass is 10.1. The van der Waals surface area contributed by atoms with Gasteiger partial charge in [-0.05, 0) is 43.5 Å². The summed E-state index contributed by atoms with van der Waals surface area (Å²) in [5.41, 5.74) is 0.872. The molecular weight excluding hydrogens is 246 g/mol. The highest BCUT2D eigenvalue weighted by atomic mass is 16.5. The lowest BCUT2D eigenvalue weighted by Gasteiger charge is -2.15. The van der Waals surface area contributed by atoms with Gasteiger partial charge in [0.05, 0.1) is 5.56 Å². The number of nitrogens with zero attached hydrogens (tertiary/aromatic N) is 1. The fourth-order valence-electron chi connectivity index (χ4n) is 2.17. The first-order valence-electron chi connectivity index (χ1n) is 6.32. The van der Waals surface area contributed by atoms with Gasteiger partial charge in [-0.15, -0.1) is 0 Å². The predicted molar refractivity (Wildman–Crippen MR) is 69.4 cm³/mol. The first-order valence-corrected chi connectivity index (χ1v) is 6.32. The summed E-state index contributed by atoms with van der Waals surface area (Å²) in [6, 6.07) is 4.71. The van der Waals surface area contributed by atoms with Gasteiger partial charge in [0.15, 0.2) is 6.61 Å². The average Bonchev–Trinajstić information content (AvgIpc) is 2.89. The van der Waals surface area contributed by atoms with Gasteiger partial charge in [-0.3, -0.25) is 4.79 Å². The lowest BCUT2D eigenvalue weighted by molar-refractivity contribution is -0.132. The highest BCUT2D eigenvalue weighted by molar-refractivity contribution is 5.89. The topological polar surface area (TPSA) is 66.8 Å². The zero-order chi connectivity index (χ0) is 13.8. The molecule has 2 rings (SSSR count). The molecule has 19 heavy (non-hydrogen) atoms. The van der Waals surface area contributed by atoms with Crippen molar-refractivity contribution in [2.45, 2.75) is 19.8 Å². The molecular formula is C14H17NO4. The molecule has 1 aromatic rings. The number of carboxylic acid groups (broad SMARTS) is 1. The van der Waals surface area contributed by atoms with Crippen molar-refractivity contribution in [3.63, 3.8) is 0 Å². The van der Waals surface area contributed by atoms with E-state index in [-0.39, 0.29) is 18.1 Å². The number of likely N-dealkylation sites (tertiary alicyclic amines) is 1. The normalized spacial score (nSPS) is 14.5. The van der Waals surface area contributed by atoms with E-state index in [9.17, 15) is 9.59 Å². The van der Waals surface area contributed by atoms with E-state index in [1.165, 1.54) is 6.07 Å². The second-order valence-electron chi connectivity index (χ2n) is 4.66. The summed E-state index contributed by atoms with van der Waals surface area (Å²) < 4.78 is 5.41. The number of benzene rings is 1. The average molecular weight is 263 g/mol. The number of rotatable bonds is 4. The van der Waals surface area contributed by atoms with Crippen molar-refractivity contribution >= 4 is 11.9 Å². The molecule has 0 unspecified atom stereocenters. The Balaban J connectivity index is 1.94. The van der Waals surface area contributed by atoms with E-state index < -0.39 is 5.97 Å². The molecule has 0 aromatic heterocycles. The maximum absolute atomic E-state index is 11.8. The van der Waals surface area contributed by atoms with E-state index in [2.05, 4.69) is 0 Å². The van der Waals surface area contributed by atoms with Gasteiger partial charge in [-0.25, -0.2) is 4.79 Å². The molecule has 0 saturated carbocycles. The maximum atomic E-state index is 11.8. The van der Waals surface area contributed by atoms with Crippen molar-refractivity contribution in [2.24, 2.45) is 0 Å². The van der Waals surface area contributed by atoms with Crippen molar-refractivity contribution < 1.29 is 19.4 Å². The molecule has 1 aliphatic rings. The molecule has 1 N–H and O–H groups in total. The number of amides is 1. The molecule has 1 saturated heterocycles. The molecule has 1 heterocycles. The predicted octanol–water partition coefficient (Wildman–Crippen LogP) is 1.69. The van der Waals surface area contributed by atoms with Crippen molar-refractivity contribution in [1.82, 2.24) is 4.90 Å². The van der Waals surface area contributed by atoms with Crippen molar-refractivity contribution in [3.05, 3.63) is 29.3 Å². The number of carboxylic acids is 1. The fraction of sp³-hybridized carbons (Fsp3) is 0.429. The van der Waals surface area contributed by atoms with Crippen LogP contribution in [0, 0.1) is 6.92 Å². The summed E-state index contributed by atoms with van der Waals surface area (Å²) in [4.78, 5) is 24.4. The zero-order valence-corrected chi connectivity index (χ0v) is 10.9. The van der Waals surface area contributed by atoms with E-state index >= 15 is 0 Å². The summed E-state index contributed by atoms with van der Waals surface area (Å²) in [5, 5.41) is 8.92. The molecule has 0 bridgehead atoms. The molecule has 1 aliphatic heterocycles. The Bertz CT molecular complexity index is 492. The third-order valence-electron chi connectivity index (χ3n) is 3.25. The summed E-state index contributed by atoms with van der Waals surface area (Å²) in [6.07, 6.45) is 2.11. The smallest absolute Gasteiger partial charge is 0.335 e. The Labute approximate surface area is 111 Å². The highest BCUT2D eigenvalue weighted by Gasteiger charge is 2.18. The van der Waals surface area contributed by atoms with Gasteiger partial charge in [0.2, 0.25) is 0 Å². The van der Waals surface area contributed by atoms with E-state index in [4.69, 9.17) is 9.84 Å². The van der Waals surface area contributed by atoms with Gasteiger partial charge in [0.25, 0.3) is 5.91 Å². The molecule has 0 atom stereocenters. The first kappa shape index (κ1) is 13.4. The van der Waals surface area contributed by atoms with E-state index in [0.717, 1.165) is 25.9 Å². The number of aromatic carboxylic acids is 1. The number of hydrogen-bond donors (Lipinski definition) is 1. The second-order valence-corrected chi connectivity index (χ2v) is 4.66. The monoisotopic (exact) mass is 263 g/mol. The van der Waals surface area contributed by atoms with Crippen LogP contribution in [-0.4, -0.2) is 41.6 Å². The van der Waals surface area contributed by atoms with Crippen LogP contribution in [0.4, 0.5) is 0 Å². The largest absolute Gasteiger partial charge is 0.484 e. The van der Waals surface area contributed by atoms with Crippen LogP contribution in [-0.2, 0) is 4.79 Å². The minimum atomic E-state index is -0.961. The Morgan fingerprint density at radius 3 is 2.58 bits per heavy atom. The minimum absolute atomic E-state index is 0.00581. The van der Waals surface area contributed by atoms with Gasteiger partial charge in [0, 0.05) is 13.1 Å². The molecule has 0 aliphatic carbocycles. The molecule has 1 amide bonds. The van der Waals surface area contributed by atoms with Crippen molar-refractivity contribution in [1.29, 1.82) is 0 Å². The first-order chi connectivity index (χ1) is 9.08. The molecule has 1 aromatic carbocycles. The summed E-state index contributed by atoms with van der Waals surface area (Å²) in [6.45, 7) is 3.32. The van der Waals surface area contributed by atoms with Gasteiger partial charge in [0.1, 0.15) is 5.75 Å². The molecule has 5 heteroatoms. The Kier molecular flexibility index (Phi) is 4.04. The quantitative estimate of drug-likeness (QED) is 0.897. The Morgan fingerprint density at radius 1 is 1.32 bits per heavy atom. The van der Waals surface area contributed by atoms with Crippen LogP contribution in [0.2, 0.25) is 0 Å². The number of hydrogen-bond acceptors (Lipinski definition) is 3. The van der Waals surface area contributed by atoms with E-state index in [1.807, 2.05) is 0 Å². The van der Waals surface area contributed by atoms with Gasteiger partial charge >= 0.3 is 5.97 Å². The van der Waals surface area contributed by atoms with E-state index in [0.29, 0.717) is 11.3 Å². The van der Waals surface area contributed by atoms with Crippen LogP contribution in [0.15, 0.2) is 18.2 Å². The lowest BCUT2D eigenvalue weighted by Crippen LogP contribution is -2.32. The molecule has 0 radical (unpaired) electrons. The van der Waals surface area contributed by atoms with Crippen molar-refractivity contribution in [3.8, 4) is 5.75 Å². The number of ether oxygens (including phenoxy) is 1. The van der Waals surface area contributed by atoms with Crippen molar-refractivity contribution in [2.75, 3.05) is 19.7 Å². The van der Waals surface area contributed by atoms with Crippen LogP contribution in [0.5, 0.6) is 5.75 Å². The molecule has 0 spiro atoms. The Hall–Kier alpha value is -2.04. The minimum Gasteiger partial charge on any atom is -0.484 e. The van der Waals surface area contributed by atoms with E-state index in [1.54, 1.807) is 24.0 Å². The fourth-order valence-corrected chi connectivity index (χ4v) is 2.17. The summed E-state index contributed by atoms with van der Waals surface area (Å²) in [7, 11) is 0. The SMILES string of the molecule is Cc1cc(OCC(=O)N2CCCC2)ccc1C(=O)O. The van der Waals surface area contributed by atoms with Crippen LogP contribution >= 0.6 is 0 Å². The Morgan fingerprint density at radius 2 is 2.00 bits per heavy atom. The second kappa shape index (κ2) is 5.73. The highest BCUT2D eigenvalue weighted by Crippen LogP contribution is 2.17. The van der Waals surface area contributed by atoms with Gasteiger partial charge in [-0.2, -0.15) is 0 Å². The maximum Gasteiger partial charge on any atom is 0.335 e. The summed E-state index contributed by atoms with van der Waals surface area (Å²) in [5.74, 6) is -0.454. The number of carbonyl (C=O) groups is 2. The third kappa shape index (κ3) is 3.24. The molecule has 102 valence electrons. The van der Waals surface area contributed by atoms with Crippen LogP contribution in [0.3, 0.4) is 0 Å². The van der Waals surface area contributed by atoms with Crippen LogP contribution < -0.4 is 4.74 Å². The summed E-state index contributed by atoms with van der Waals surface area (Å²) >= 11 is 0. The van der Waals surface area contributed by atoms with Crippen LogP contribution in [0.1, 0.15) is 28.8 Å². The zero-order valence-electron chi connectivity index (χ0n) is 10.9. The van der Waals surface area contributed by atoms with Gasteiger partial charge in [-0.1, -0.05) is 0 Å². The molecule has 1 fully saturated rings. The van der Waals surface area contributed by atoms with Crippen LogP contribution in [0.25, 0.3) is 0 Å². The third-order valence-corrected chi connectivity index (χ3v) is 3.25. The van der Waals surface area contributed by atoms with Gasteiger partial charge < -0.3 is 14.7 Å².